The van der Waals surface area contributed by atoms with Crippen molar-refractivity contribution in [2.24, 2.45) is 0 Å². The van der Waals surface area contributed by atoms with Crippen LogP contribution in [0.4, 0.5) is 5.69 Å². The Labute approximate surface area is 186 Å². The highest BCUT2D eigenvalue weighted by Gasteiger charge is 2.42. The molecule has 4 rings (SSSR count). The average molecular weight is 489 g/mol. The standard InChI is InChI=1S/C21H17BrN2O3S2/c22-14-6-9-17(27-12-19(25)23-15-4-2-1-3-5-15)13(10-14)11-18-20(26)24(16-7-8-16)21(28)29-18/h1-6,9-11,16H,7-8,12H2,(H,23,25)/b18-11+. The smallest absolute Gasteiger partial charge is 0.266 e. The topological polar surface area (TPSA) is 58.6 Å². The molecule has 1 saturated carbocycles. The Morgan fingerprint density at radius 1 is 1.28 bits per heavy atom. The summed E-state index contributed by atoms with van der Waals surface area (Å²) < 4.78 is 7.19. The van der Waals surface area contributed by atoms with Gasteiger partial charge in [0.15, 0.2) is 6.61 Å². The second kappa shape index (κ2) is 8.69. The minimum Gasteiger partial charge on any atom is -0.483 e. The number of thiocarbonyl (C=S) groups is 1. The van der Waals surface area contributed by atoms with Crippen LogP contribution in [-0.2, 0) is 9.59 Å². The van der Waals surface area contributed by atoms with Crippen LogP contribution in [0.5, 0.6) is 5.75 Å². The van der Waals surface area contributed by atoms with Crippen LogP contribution >= 0.6 is 39.9 Å². The summed E-state index contributed by atoms with van der Waals surface area (Å²) in [6.45, 7) is -0.138. The number of carbonyl (C=O) groups excluding carboxylic acids is 2. The van der Waals surface area contributed by atoms with E-state index in [0.29, 0.717) is 26.2 Å². The lowest BCUT2D eigenvalue weighted by Gasteiger charge is -2.12. The zero-order valence-corrected chi connectivity index (χ0v) is 18.5. The summed E-state index contributed by atoms with van der Waals surface area (Å²) in [4.78, 5) is 27.2. The normalized spacial score (nSPS) is 17.7. The number of carbonyl (C=O) groups is 2. The van der Waals surface area contributed by atoms with Gasteiger partial charge in [-0.15, -0.1) is 0 Å². The van der Waals surface area contributed by atoms with Gasteiger partial charge in [0, 0.05) is 21.8 Å². The monoisotopic (exact) mass is 488 g/mol. The first-order chi connectivity index (χ1) is 14.0. The molecular weight excluding hydrogens is 472 g/mol. The van der Waals surface area contributed by atoms with Gasteiger partial charge in [0.2, 0.25) is 0 Å². The molecule has 1 heterocycles. The number of anilines is 1. The third kappa shape index (κ3) is 4.88. The van der Waals surface area contributed by atoms with Crippen LogP contribution in [0, 0.1) is 0 Å². The van der Waals surface area contributed by atoms with Crippen molar-refractivity contribution in [3.63, 3.8) is 0 Å². The molecule has 0 bridgehead atoms. The molecule has 1 aliphatic heterocycles. The number of para-hydroxylation sites is 1. The van der Waals surface area contributed by atoms with Gasteiger partial charge in [-0.2, -0.15) is 0 Å². The summed E-state index contributed by atoms with van der Waals surface area (Å²) >= 11 is 10.1. The summed E-state index contributed by atoms with van der Waals surface area (Å²) in [5.41, 5.74) is 1.42. The first kappa shape index (κ1) is 20.1. The van der Waals surface area contributed by atoms with Crippen LogP contribution in [-0.4, -0.2) is 33.7 Å². The Balaban J connectivity index is 1.48. The molecule has 1 N–H and O–H groups in total. The third-order valence-electron chi connectivity index (χ3n) is 4.41. The van der Waals surface area contributed by atoms with Crippen molar-refractivity contribution in [1.82, 2.24) is 4.90 Å². The van der Waals surface area contributed by atoms with Gasteiger partial charge in [0.05, 0.1) is 4.91 Å². The molecule has 2 aromatic rings. The lowest BCUT2D eigenvalue weighted by atomic mass is 10.2. The number of halogens is 1. The van der Waals surface area contributed by atoms with Gasteiger partial charge in [-0.05, 0) is 49.2 Å². The van der Waals surface area contributed by atoms with E-state index in [1.54, 1.807) is 17.0 Å². The van der Waals surface area contributed by atoms with E-state index in [1.807, 2.05) is 42.5 Å². The number of hydrogen-bond donors (Lipinski definition) is 1. The van der Waals surface area contributed by atoms with Crippen molar-refractivity contribution in [3.05, 3.63) is 63.5 Å². The van der Waals surface area contributed by atoms with Gasteiger partial charge in [0.1, 0.15) is 10.1 Å². The van der Waals surface area contributed by atoms with E-state index in [9.17, 15) is 9.59 Å². The minimum absolute atomic E-state index is 0.0600. The highest BCUT2D eigenvalue weighted by molar-refractivity contribution is 9.10. The van der Waals surface area contributed by atoms with Crippen LogP contribution in [0.1, 0.15) is 18.4 Å². The van der Waals surface area contributed by atoms with E-state index in [2.05, 4.69) is 21.2 Å². The Kier molecular flexibility index (Phi) is 6.03. The first-order valence-electron chi connectivity index (χ1n) is 9.05. The summed E-state index contributed by atoms with van der Waals surface area (Å²) in [6, 6.07) is 14.9. The van der Waals surface area contributed by atoms with E-state index in [0.717, 1.165) is 17.3 Å². The number of thioether (sulfide) groups is 1. The number of rotatable bonds is 6. The molecule has 0 spiro atoms. The molecule has 0 unspecified atom stereocenters. The van der Waals surface area contributed by atoms with Crippen LogP contribution in [0.25, 0.3) is 6.08 Å². The van der Waals surface area contributed by atoms with Gasteiger partial charge < -0.3 is 10.1 Å². The SMILES string of the molecule is O=C(COc1ccc(Br)cc1/C=C1/SC(=S)N(C2CC2)C1=O)Nc1ccccc1. The van der Waals surface area contributed by atoms with Crippen LogP contribution in [0.3, 0.4) is 0 Å². The van der Waals surface area contributed by atoms with E-state index >= 15 is 0 Å². The van der Waals surface area contributed by atoms with E-state index in [1.165, 1.54) is 11.8 Å². The quantitative estimate of drug-likeness (QED) is 0.466. The molecule has 2 fully saturated rings. The summed E-state index contributed by atoms with van der Waals surface area (Å²) in [5, 5.41) is 2.78. The molecule has 0 radical (unpaired) electrons. The van der Waals surface area contributed by atoms with Crippen LogP contribution < -0.4 is 10.1 Å². The second-order valence-electron chi connectivity index (χ2n) is 6.67. The van der Waals surface area contributed by atoms with Crippen molar-refractivity contribution in [3.8, 4) is 5.75 Å². The van der Waals surface area contributed by atoms with Crippen molar-refractivity contribution >= 4 is 67.8 Å². The van der Waals surface area contributed by atoms with Crippen LogP contribution in [0.15, 0.2) is 57.9 Å². The largest absolute Gasteiger partial charge is 0.483 e. The van der Waals surface area contributed by atoms with Gasteiger partial charge in [-0.3, -0.25) is 14.5 Å². The predicted octanol–water partition coefficient (Wildman–Crippen LogP) is 4.83. The number of amides is 2. The lowest BCUT2D eigenvalue weighted by molar-refractivity contribution is -0.122. The van der Waals surface area contributed by atoms with Crippen molar-refractivity contribution < 1.29 is 14.3 Å². The Bertz CT molecular complexity index is 1010. The highest BCUT2D eigenvalue weighted by atomic mass is 79.9. The molecule has 2 aliphatic rings. The Morgan fingerprint density at radius 3 is 2.76 bits per heavy atom. The number of hydrogen-bond acceptors (Lipinski definition) is 5. The Morgan fingerprint density at radius 2 is 2.03 bits per heavy atom. The van der Waals surface area contributed by atoms with Gasteiger partial charge >= 0.3 is 0 Å². The fourth-order valence-electron chi connectivity index (χ4n) is 2.89. The molecule has 1 saturated heterocycles. The minimum atomic E-state index is -0.259. The van der Waals surface area contributed by atoms with Crippen LogP contribution in [0.2, 0.25) is 0 Å². The zero-order valence-electron chi connectivity index (χ0n) is 15.3. The van der Waals surface area contributed by atoms with E-state index in [4.69, 9.17) is 17.0 Å². The second-order valence-corrected chi connectivity index (χ2v) is 9.26. The first-order valence-corrected chi connectivity index (χ1v) is 11.1. The number of nitrogens with zero attached hydrogens (tertiary/aromatic N) is 1. The number of nitrogens with one attached hydrogen (secondary N) is 1. The molecule has 0 aromatic heterocycles. The maximum Gasteiger partial charge on any atom is 0.266 e. The van der Waals surface area contributed by atoms with Gasteiger partial charge in [-0.25, -0.2) is 0 Å². The number of benzene rings is 2. The van der Waals surface area contributed by atoms with Crippen molar-refractivity contribution in [1.29, 1.82) is 0 Å². The molecule has 1 aliphatic carbocycles. The summed E-state index contributed by atoms with van der Waals surface area (Å²) in [5.74, 6) is 0.202. The molecule has 148 valence electrons. The maximum atomic E-state index is 12.7. The van der Waals surface area contributed by atoms with Gasteiger partial charge in [0.25, 0.3) is 11.8 Å². The average Bonchev–Trinajstić information content (AvgIpc) is 3.48. The molecule has 5 nitrogen and oxygen atoms in total. The summed E-state index contributed by atoms with van der Waals surface area (Å²) in [7, 11) is 0. The molecule has 2 aromatic carbocycles. The predicted molar refractivity (Wildman–Crippen MR) is 123 cm³/mol. The Hall–Kier alpha value is -2.16. The molecule has 2 amide bonds. The highest BCUT2D eigenvalue weighted by Crippen LogP contribution is 2.41. The van der Waals surface area contributed by atoms with Crippen molar-refractivity contribution in [2.45, 2.75) is 18.9 Å². The third-order valence-corrected chi connectivity index (χ3v) is 6.23. The number of ether oxygens (including phenoxy) is 1. The van der Waals surface area contributed by atoms with E-state index in [-0.39, 0.29) is 24.5 Å². The summed E-state index contributed by atoms with van der Waals surface area (Å²) in [6.07, 6.45) is 3.78. The zero-order chi connectivity index (χ0) is 20.4. The molecule has 8 heteroatoms. The van der Waals surface area contributed by atoms with Gasteiger partial charge in [-0.1, -0.05) is 58.1 Å². The van der Waals surface area contributed by atoms with E-state index < -0.39 is 0 Å². The molecule has 0 atom stereocenters. The molecule has 29 heavy (non-hydrogen) atoms. The fraction of sp³-hybridized carbons (Fsp3) is 0.190. The molecular formula is C21H17BrN2O3S2. The fourth-order valence-corrected chi connectivity index (χ4v) is 4.66. The maximum absolute atomic E-state index is 12.7. The van der Waals surface area contributed by atoms with Crippen molar-refractivity contribution in [2.75, 3.05) is 11.9 Å². The lowest BCUT2D eigenvalue weighted by Crippen LogP contribution is -2.30.